The number of carboxylic acid groups (broad SMARTS) is 1. The lowest BCUT2D eigenvalue weighted by atomic mass is 9.71. The van der Waals surface area contributed by atoms with Crippen molar-refractivity contribution >= 4 is 5.97 Å². The van der Waals surface area contributed by atoms with Crippen LogP contribution in [0.25, 0.3) is 0 Å². The Kier molecular flexibility index (Phi) is 5.08. The van der Waals surface area contributed by atoms with E-state index in [1.807, 2.05) is 0 Å². The van der Waals surface area contributed by atoms with E-state index in [9.17, 15) is 4.79 Å². The van der Waals surface area contributed by atoms with Crippen LogP contribution in [0.15, 0.2) is 0 Å². The van der Waals surface area contributed by atoms with Crippen LogP contribution in [-0.2, 0) is 4.79 Å². The molecule has 1 aliphatic carbocycles. The normalized spacial score (nSPS) is 30.4. The molecule has 1 aliphatic heterocycles. The van der Waals surface area contributed by atoms with Gasteiger partial charge in [-0.1, -0.05) is 20.8 Å². The van der Waals surface area contributed by atoms with E-state index in [1.165, 1.54) is 25.7 Å². The Morgan fingerprint density at radius 3 is 2.05 bits per heavy atom. The fraction of sp³-hybridized carbons (Fsp3) is 0.938. The van der Waals surface area contributed by atoms with Crippen molar-refractivity contribution in [1.82, 2.24) is 9.80 Å². The predicted octanol–water partition coefficient (Wildman–Crippen LogP) is 2.29. The topological polar surface area (TPSA) is 43.8 Å². The minimum absolute atomic E-state index is 0.199. The molecule has 4 nitrogen and oxygen atoms in total. The van der Waals surface area contributed by atoms with Crippen molar-refractivity contribution < 1.29 is 9.90 Å². The molecular weight excluding hydrogens is 252 g/mol. The Labute approximate surface area is 123 Å². The van der Waals surface area contributed by atoms with Crippen LogP contribution in [0.2, 0.25) is 0 Å². The molecule has 4 heteroatoms. The molecule has 1 heterocycles. The molecule has 1 saturated heterocycles. The van der Waals surface area contributed by atoms with Crippen molar-refractivity contribution in [3.05, 3.63) is 0 Å². The van der Waals surface area contributed by atoms with Crippen LogP contribution in [0.1, 0.15) is 46.5 Å². The van der Waals surface area contributed by atoms with Crippen LogP contribution in [0.4, 0.5) is 0 Å². The van der Waals surface area contributed by atoms with Crippen molar-refractivity contribution in [2.24, 2.45) is 11.3 Å². The number of carboxylic acids is 1. The summed E-state index contributed by atoms with van der Waals surface area (Å²) in [7, 11) is 0. The van der Waals surface area contributed by atoms with Gasteiger partial charge in [-0.2, -0.15) is 0 Å². The number of piperazine rings is 1. The first-order valence-corrected chi connectivity index (χ1v) is 8.04. The van der Waals surface area contributed by atoms with Gasteiger partial charge in [0.25, 0.3) is 0 Å². The van der Waals surface area contributed by atoms with Gasteiger partial charge in [0.05, 0.1) is 6.54 Å². The van der Waals surface area contributed by atoms with E-state index in [2.05, 4.69) is 30.6 Å². The lowest BCUT2D eigenvalue weighted by Crippen LogP contribution is -2.52. The smallest absolute Gasteiger partial charge is 0.317 e. The first-order chi connectivity index (χ1) is 9.36. The standard InChI is InChI=1S/C16H30N2O2/c1-16(2,3)13-4-6-14(7-5-13)18-10-8-17(9-11-18)12-15(19)20/h13-14H,4-12H2,1-3H3,(H,19,20). The molecule has 1 N–H and O–H groups in total. The minimum Gasteiger partial charge on any atom is -0.480 e. The number of aliphatic carboxylic acids is 1. The van der Waals surface area contributed by atoms with Gasteiger partial charge in [-0.3, -0.25) is 14.6 Å². The quantitative estimate of drug-likeness (QED) is 0.862. The third kappa shape index (κ3) is 4.19. The molecule has 2 fully saturated rings. The van der Waals surface area contributed by atoms with Crippen LogP contribution >= 0.6 is 0 Å². The fourth-order valence-electron chi connectivity index (χ4n) is 3.78. The van der Waals surface area contributed by atoms with Crippen LogP contribution in [-0.4, -0.2) is 59.6 Å². The van der Waals surface area contributed by atoms with Crippen molar-refractivity contribution in [3.63, 3.8) is 0 Å². The van der Waals surface area contributed by atoms with E-state index in [1.54, 1.807) is 0 Å². The Morgan fingerprint density at radius 2 is 1.60 bits per heavy atom. The maximum absolute atomic E-state index is 10.7. The SMILES string of the molecule is CC(C)(C)C1CCC(N2CCN(CC(=O)O)CC2)CC1. The van der Waals surface area contributed by atoms with Crippen molar-refractivity contribution in [1.29, 1.82) is 0 Å². The molecule has 0 bridgehead atoms. The van der Waals surface area contributed by atoms with Crippen LogP contribution in [0.3, 0.4) is 0 Å². The summed E-state index contributed by atoms with van der Waals surface area (Å²) in [5.41, 5.74) is 0.450. The molecule has 0 aromatic carbocycles. The molecule has 1 saturated carbocycles. The molecule has 0 atom stereocenters. The Hall–Kier alpha value is -0.610. The summed E-state index contributed by atoms with van der Waals surface area (Å²) in [5, 5.41) is 8.83. The highest BCUT2D eigenvalue weighted by atomic mass is 16.4. The monoisotopic (exact) mass is 282 g/mol. The van der Waals surface area contributed by atoms with Gasteiger partial charge in [-0.15, -0.1) is 0 Å². The summed E-state index contributed by atoms with van der Waals surface area (Å²) in [6.45, 7) is 11.2. The summed E-state index contributed by atoms with van der Waals surface area (Å²) >= 11 is 0. The number of nitrogens with zero attached hydrogens (tertiary/aromatic N) is 2. The number of rotatable bonds is 3. The van der Waals surface area contributed by atoms with E-state index < -0.39 is 5.97 Å². The van der Waals surface area contributed by atoms with Gasteiger partial charge in [0.2, 0.25) is 0 Å². The van der Waals surface area contributed by atoms with Crippen LogP contribution in [0, 0.1) is 11.3 Å². The molecule has 116 valence electrons. The second-order valence-electron chi connectivity index (χ2n) is 7.58. The first kappa shape index (κ1) is 15.8. The minimum atomic E-state index is -0.705. The average molecular weight is 282 g/mol. The molecule has 20 heavy (non-hydrogen) atoms. The van der Waals surface area contributed by atoms with Gasteiger partial charge >= 0.3 is 5.97 Å². The van der Waals surface area contributed by atoms with Gasteiger partial charge in [0.1, 0.15) is 0 Å². The van der Waals surface area contributed by atoms with Gasteiger partial charge in [0.15, 0.2) is 0 Å². The molecule has 0 aromatic heterocycles. The number of carbonyl (C=O) groups is 1. The zero-order chi connectivity index (χ0) is 14.8. The maximum Gasteiger partial charge on any atom is 0.317 e. The van der Waals surface area contributed by atoms with Gasteiger partial charge < -0.3 is 5.11 Å². The van der Waals surface area contributed by atoms with Gasteiger partial charge in [0, 0.05) is 32.2 Å². The number of hydrogen-bond acceptors (Lipinski definition) is 3. The molecule has 0 aromatic rings. The number of hydrogen-bond donors (Lipinski definition) is 1. The molecule has 0 spiro atoms. The highest BCUT2D eigenvalue weighted by molar-refractivity contribution is 5.69. The zero-order valence-corrected chi connectivity index (χ0v) is 13.3. The van der Waals surface area contributed by atoms with Crippen molar-refractivity contribution in [3.8, 4) is 0 Å². The van der Waals surface area contributed by atoms with Gasteiger partial charge in [-0.25, -0.2) is 0 Å². The van der Waals surface area contributed by atoms with Crippen LogP contribution < -0.4 is 0 Å². The largest absolute Gasteiger partial charge is 0.480 e. The Morgan fingerprint density at radius 1 is 1.05 bits per heavy atom. The zero-order valence-electron chi connectivity index (χ0n) is 13.3. The summed E-state index contributed by atoms with van der Waals surface area (Å²) in [4.78, 5) is 15.4. The lowest BCUT2D eigenvalue weighted by Gasteiger charge is -2.44. The third-order valence-electron chi connectivity index (χ3n) is 5.20. The Balaban J connectivity index is 1.74. The second-order valence-corrected chi connectivity index (χ2v) is 7.58. The molecule has 0 radical (unpaired) electrons. The van der Waals surface area contributed by atoms with E-state index in [0.717, 1.165) is 38.1 Å². The summed E-state index contributed by atoms with van der Waals surface area (Å²) in [5.74, 6) is 0.163. The van der Waals surface area contributed by atoms with Crippen LogP contribution in [0.5, 0.6) is 0 Å². The fourth-order valence-corrected chi connectivity index (χ4v) is 3.78. The van der Waals surface area contributed by atoms with E-state index in [-0.39, 0.29) is 6.54 Å². The molecule has 0 amide bonds. The van der Waals surface area contributed by atoms with E-state index in [4.69, 9.17) is 5.11 Å². The maximum atomic E-state index is 10.7. The van der Waals surface area contributed by atoms with Crippen molar-refractivity contribution in [2.45, 2.75) is 52.5 Å². The summed E-state index contributed by atoms with van der Waals surface area (Å²) in [6, 6.07) is 0.737. The Bertz CT molecular complexity index is 322. The predicted molar refractivity (Wildman–Crippen MR) is 80.8 cm³/mol. The van der Waals surface area contributed by atoms with Crippen molar-refractivity contribution in [2.75, 3.05) is 32.7 Å². The van der Waals surface area contributed by atoms with Gasteiger partial charge in [-0.05, 0) is 37.0 Å². The first-order valence-electron chi connectivity index (χ1n) is 8.04. The molecule has 0 unspecified atom stereocenters. The second kappa shape index (κ2) is 6.44. The summed E-state index contributed by atoms with van der Waals surface area (Å²) in [6.07, 6.45) is 5.34. The molecular formula is C16H30N2O2. The molecule has 2 aliphatic rings. The third-order valence-corrected chi connectivity index (χ3v) is 5.20. The van der Waals surface area contributed by atoms with E-state index >= 15 is 0 Å². The highest BCUT2D eigenvalue weighted by Crippen LogP contribution is 2.39. The van der Waals surface area contributed by atoms with E-state index in [0.29, 0.717) is 5.41 Å². The summed E-state index contributed by atoms with van der Waals surface area (Å²) < 4.78 is 0. The molecule has 2 rings (SSSR count). The average Bonchev–Trinajstić information content (AvgIpc) is 2.38. The highest BCUT2D eigenvalue weighted by Gasteiger charge is 2.33. The lowest BCUT2D eigenvalue weighted by molar-refractivity contribution is -0.138.